The van der Waals surface area contributed by atoms with Crippen LogP contribution in [0.5, 0.6) is 0 Å². The molecule has 1 N–H and O–H groups in total. The SMILES string of the molecule is Cc1ccc(S(=O)(=O)NC(=O)C(=O)c2cccc(C)c2)cc1. The van der Waals surface area contributed by atoms with E-state index in [4.69, 9.17) is 0 Å². The fraction of sp³-hybridized carbons (Fsp3) is 0.125. The number of nitrogens with one attached hydrogen (secondary N) is 1. The second kappa shape index (κ2) is 6.11. The third kappa shape index (κ3) is 3.59. The summed E-state index contributed by atoms with van der Waals surface area (Å²) in [6, 6.07) is 12.4. The summed E-state index contributed by atoms with van der Waals surface area (Å²) in [5.74, 6) is -2.06. The maximum Gasteiger partial charge on any atom is 0.306 e. The fourth-order valence-corrected chi connectivity index (χ4v) is 2.81. The van der Waals surface area contributed by atoms with Crippen LogP contribution in [0.2, 0.25) is 0 Å². The van der Waals surface area contributed by atoms with E-state index in [9.17, 15) is 18.0 Å². The van der Waals surface area contributed by atoms with Gasteiger partial charge in [-0.05, 0) is 32.0 Å². The van der Waals surface area contributed by atoms with Gasteiger partial charge in [0, 0.05) is 5.56 Å². The molecule has 2 aromatic carbocycles. The lowest BCUT2D eigenvalue weighted by molar-refractivity contribution is -0.115. The van der Waals surface area contributed by atoms with E-state index in [-0.39, 0.29) is 10.5 Å². The van der Waals surface area contributed by atoms with Gasteiger partial charge in [-0.1, -0.05) is 41.5 Å². The highest BCUT2D eigenvalue weighted by molar-refractivity contribution is 7.90. The summed E-state index contributed by atoms with van der Waals surface area (Å²) in [6.45, 7) is 3.59. The molecular formula is C16H15NO4S. The van der Waals surface area contributed by atoms with E-state index < -0.39 is 21.7 Å². The number of hydrogen-bond donors (Lipinski definition) is 1. The van der Waals surface area contributed by atoms with Crippen molar-refractivity contribution in [1.29, 1.82) is 0 Å². The van der Waals surface area contributed by atoms with Gasteiger partial charge >= 0.3 is 5.91 Å². The molecule has 0 aliphatic rings. The Morgan fingerprint density at radius 3 is 2.14 bits per heavy atom. The molecule has 0 saturated carbocycles. The first-order valence-electron chi connectivity index (χ1n) is 6.54. The second-order valence-electron chi connectivity index (χ2n) is 4.95. The van der Waals surface area contributed by atoms with Gasteiger partial charge in [-0.15, -0.1) is 0 Å². The normalized spacial score (nSPS) is 11.0. The summed E-state index contributed by atoms with van der Waals surface area (Å²) in [7, 11) is -4.06. The predicted molar refractivity (Wildman–Crippen MR) is 82.0 cm³/mol. The van der Waals surface area contributed by atoms with Crippen LogP contribution in [0, 0.1) is 13.8 Å². The minimum atomic E-state index is -4.06. The lowest BCUT2D eigenvalue weighted by Gasteiger charge is -2.07. The molecule has 114 valence electrons. The number of Topliss-reactive ketones (excluding diaryl/α,β-unsaturated/α-hetero) is 1. The highest BCUT2D eigenvalue weighted by Crippen LogP contribution is 2.11. The Balaban J connectivity index is 2.20. The number of rotatable bonds is 4. The quantitative estimate of drug-likeness (QED) is 0.691. The van der Waals surface area contributed by atoms with Crippen LogP contribution < -0.4 is 4.72 Å². The molecular weight excluding hydrogens is 302 g/mol. The molecule has 0 bridgehead atoms. The number of carbonyl (C=O) groups excluding carboxylic acids is 2. The highest BCUT2D eigenvalue weighted by Gasteiger charge is 2.23. The summed E-state index contributed by atoms with van der Waals surface area (Å²) in [6.07, 6.45) is 0. The van der Waals surface area contributed by atoms with E-state index in [0.717, 1.165) is 11.1 Å². The zero-order valence-corrected chi connectivity index (χ0v) is 13.0. The van der Waals surface area contributed by atoms with E-state index in [1.54, 1.807) is 35.9 Å². The molecule has 0 radical (unpaired) electrons. The number of aryl methyl sites for hydroxylation is 2. The summed E-state index contributed by atoms with van der Waals surface area (Å²) >= 11 is 0. The third-order valence-corrected chi connectivity index (χ3v) is 4.39. The Morgan fingerprint density at radius 1 is 0.909 bits per heavy atom. The number of hydrogen-bond acceptors (Lipinski definition) is 4. The zero-order chi connectivity index (χ0) is 16.3. The molecule has 5 nitrogen and oxygen atoms in total. The van der Waals surface area contributed by atoms with Gasteiger partial charge in [-0.3, -0.25) is 9.59 Å². The first-order chi connectivity index (χ1) is 10.3. The molecule has 0 spiro atoms. The van der Waals surface area contributed by atoms with Crippen molar-refractivity contribution in [1.82, 2.24) is 4.72 Å². The van der Waals surface area contributed by atoms with Crippen molar-refractivity contribution in [3.8, 4) is 0 Å². The summed E-state index contributed by atoms with van der Waals surface area (Å²) < 4.78 is 25.9. The first-order valence-corrected chi connectivity index (χ1v) is 8.03. The van der Waals surface area contributed by atoms with Gasteiger partial charge in [0.25, 0.3) is 15.8 Å². The van der Waals surface area contributed by atoms with E-state index >= 15 is 0 Å². The fourth-order valence-electron chi connectivity index (χ4n) is 1.86. The first kappa shape index (κ1) is 15.9. The predicted octanol–water partition coefficient (Wildman–Crippen LogP) is 1.99. The van der Waals surface area contributed by atoms with Gasteiger partial charge in [-0.25, -0.2) is 13.1 Å². The average molecular weight is 317 g/mol. The van der Waals surface area contributed by atoms with Crippen LogP contribution in [0.3, 0.4) is 0 Å². The molecule has 0 saturated heterocycles. The summed E-state index contributed by atoms with van der Waals surface area (Å²) in [5, 5.41) is 0. The minimum Gasteiger partial charge on any atom is -0.283 e. The molecule has 1 amide bonds. The van der Waals surface area contributed by atoms with Crippen molar-refractivity contribution in [3.63, 3.8) is 0 Å². The largest absolute Gasteiger partial charge is 0.306 e. The topological polar surface area (TPSA) is 80.3 Å². The van der Waals surface area contributed by atoms with Crippen LogP contribution in [-0.2, 0) is 14.8 Å². The Bertz CT molecular complexity index is 823. The monoisotopic (exact) mass is 317 g/mol. The lowest BCUT2D eigenvalue weighted by Crippen LogP contribution is -2.36. The molecule has 0 aromatic heterocycles. The van der Waals surface area contributed by atoms with E-state index in [2.05, 4.69) is 0 Å². The van der Waals surface area contributed by atoms with Crippen molar-refractivity contribution in [3.05, 3.63) is 65.2 Å². The standard InChI is InChI=1S/C16H15NO4S/c1-11-6-8-14(9-7-11)22(20,21)17-16(19)15(18)13-5-3-4-12(2)10-13/h3-10H,1-2H3,(H,17,19). The summed E-state index contributed by atoms with van der Waals surface area (Å²) in [5.41, 5.74) is 1.85. The van der Waals surface area contributed by atoms with E-state index in [1.807, 2.05) is 6.92 Å². The van der Waals surface area contributed by atoms with Crippen molar-refractivity contribution in [2.24, 2.45) is 0 Å². The molecule has 0 aliphatic carbocycles. The van der Waals surface area contributed by atoms with Crippen molar-refractivity contribution in [2.75, 3.05) is 0 Å². The average Bonchev–Trinajstić information content (AvgIpc) is 2.46. The number of ketones is 1. The van der Waals surface area contributed by atoms with Gasteiger partial charge in [0.05, 0.1) is 4.90 Å². The molecule has 0 heterocycles. The van der Waals surface area contributed by atoms with E-state index in [1.165, 1.54) is 24.3 Å². The highest BCUT2D eigenvalue weighted by atomic mass is 32.2. The number of sulfonamides is 1. The van der Waals surface area contributed by atoms with Crippen LogP contribution in [0.4, 0.5) is 0 Å². The van der Waals surface area contributed by atoms with Crippen LogP contribution in [0.25, 0.3) is 0 Å². The Kier molecular flexibility index (Phi) is 4.42. The van der Waals surface area contributed by atoms with Gasteiger partial charge in [0.1, 0.15) is 0 Å². The van der Waals surface area contributed by atoms with Crippen LogP contribution in [0.15, 0.2) is 53.4 Å². The third-order valence-electron chi connectivity index (χ3n) is 3.04. The van der Waals surface area contributed by atoms with Gasteiger partial charge < -0.3 is 0 Å². The van der Waals surface area contributed by atoms with Crippen LogP contribution in [0.1, 0.15) is 21.5 Å². The number of benzene rings is 2. The Labute approximate surface area is 129 Å². The molecule has 6 heteroatoms. The molecule has 0 aliphatic heterocycles. The van der Waals surface area contributed by atoms with Crippen LogP contribution >= 0.6 is 0 Å². The van der Waals surface area contributed by atoms with E-state index in [0.29, 0.717) is 0 Å². The smallest absolute Gasteiger partial charge is 0.283 e. The summed E-state index contributed by atoms with van der Waals surface area (Å²) in [4.78, 5) is 23.8. The van der Waals surface area contributed by atoms with Gasteiger partial charge in [0.15, 0.2) is 0 Å². The van der Waals surface area contributed by atoms with Gasteiger partial charge in [-0.2, -0.15) is 0 Å². The maximum absolute atomic E-state index is 12.1. The second-order valence-corrected chi connectivity index (χ2v) is 6.63. The van der Waals surface area contributed by atoms with Crippen molar-refractivity contribution >= 4 is 21.7 Å². The Hall–Kier alpha value is -2.47. The number of amides is 1. The molecule has 0 atom stereocenters. The maximum atomic E-state index is 12.1. The lowest BCUT2D eigenvalue weighted by atomic mass is 10.1. The molecule has 0 fully saturated rings. The molecule has 22 heavy (non-hydrogen) atoms. The molecule has 2 aromatic rings. The zero-order valence-electron chi connectivity index (χ0n) is 12.2. The minimum absolute atomic E-state index is 0.0662. The molecule has 0 unspecified atom stereocenters. The van der Waals surface area contributed by atoms with Crippen LogP contribution in [-0.4, -0.2) is 20.1 Å². The molecule has 2 rings (SSSR count). The van der Waals surface area contributed by atoms with Crippen molar-refractivity contribution < 1.29 is 18.0 Å². The van der Waals surface area contributed by atoms with Gasteiger partial charge in [0.2, 0.25) is 0 Å². The number of carbonyl (C=O) groups is 2. The van der Waals surface area contributed by atoms with Crippen molar-refractivity contribution in [2.45, 2.75) is 18.7 Å². The Morgan fingerprint density at radius 2 is 1.55 bits per heavy atom.